The maximum Gasteiger partial charge on any atom is 0.332 e. The summed E-state index contributed by atoms with van der Waals surface area (Å²) < 4.78 is 0. The van der Waals surface area contributed by atoms with Crippen molar-refractivity contribution < 1.29 is 9.90 Å². The first kappa shape index (κ1) is 17.6. The molecule has 0 amide bonds. The molecule has 0 saturated heterocycles. The van der Waals surface area contributed by atoms with E-state index < -0.39 is 5.97 Å². The van der Waals surface area contributed by atoms with Crippen LogP contribution >= 0.6 is 11.3 Å². The fraction of sp³-hybridized carbons (Fsp3) is 0.286. The highest BCUT2D eigenvalue weighted by Gasteiger charge is 2.17. The standard InChI is InChI=1S/C21H23NO2S/c1-16-11-14-25-20(16)19(17-7-3-2-4-8-17)10-6-13-22-12-5-9-18(15-22)21(23)24/h2-4,7-11,14H,5-6,12-13,15H2,1H3,(H,23,24). The van der Waals surface area contributed by atoms with Crippen molar-refractivity contribution in [1.29, 1.82) is 0 Å². The minimum absolute atomic E-state index is 0.521. The summed E-state index contributed by atoms with van der Waals surface area (Å²) in [6.07, 6.45) is 5.88. The maximum atomic E-state index is 11.2. The molecule has 1 aliphatic rings. The Hall–Kier alpha value is -2.17. The SMILES string of the molecule is Cc1ccsc1C(=CCCN1CCC=C(C(=O)O)C1)c1ccccc1. The molecule has 4 heteroatoms. The number of aryl methyl sites for hydroxylation is 1. The van der Waals surface area contributed by atoms with Gasteiger partial charge in [-0.1, -0.05) is 42.5 Å². The Balaban J connectivity index is 1.73. The van der Waals surface area contributed by atoms with Gasteiger partial charge < -0.3 is 5.11 Å². The van der Waals surface area contributed by atoms with Crippen LogP contribution in [0.2, 0.25) is 0 Å². The van der Waals surface area contributed by atoms with Gasteiger partial charge in [-0.05, 0) is 47.9 Å². The molecule has 25 heavy (non-hydrogen) atoms. The molecule has 0 bridgehead atoms. The zero-order chi connectivity index (χ0) is 17.6. The molecule has 2 aromatic rings. The van der Waals surface area contributed by atoms with Gasteiger partial charge in [-0.2, -0.15) is 0 Å². The number of benzene rings is 1. The third kappa shape index (κ3) is 4.47. The second kappa shape index (κ2) is 8.28. The Labute approximate surface area is 152 Å². The van der Waals surface area contributed by atoms with Crippen LogP contribution in [0.5, 0.6) is 0 Å². The molecule has 1 aromatic heterocycles. The van der Waals surface area contributed by atoms with Crippen LogP contribution in [0.3, 0.4) is 0 Å². The number of carboxylic acid groups (broad SMARTS) is 1. The maximum absolute atomic E-state index is 11.2. The second-order valence-corrected chi connectivity index (χ2v) is 7.22. The van der Waals surface area contributed by atoms with Gasteiger partial charge in [0.15, 0.2) is 0 Å². The molecule has 0 unspecified atom stereocenters. The van der Waals surface area contributed by atoms with Crippen molar-refractivity contribution in [3.63, 3.8) is 0 Å². The molecule has 0 saturated carbocycles. The highest BCUT2D eigenvalue weighted by Crippen LogP contribution is 2.30. The molecule has 0 spiro atoms. The summed E-state index contributed by atoms with van der Waals surface area (Å²) >= 11 is 1.77. The van der Waals surface area contributed by atoms with Crippen molar-refractivity contribution in [3.05, 3.63) is 75.5 Å². The van der Waals surface area contributed by atoms with Gasteiger partial charge in [-0.15, -0.1) is 11.3 Å². The number of hydrogen-bond donors (Lipinski definition) is 1. The lowest BCUT2D eigenvalue weighted by Crippen LogP contribution is -2.32. The topological polar surface area (TPSA) is 40.5 Å². The van der Waals surface area contributed by atoms with Crippen molar-refractivity contribution in [2.75, 3.05) is 19.6 Å². The first-order chi connectivity index (χ1) is 12.1. The fourth-order valence-electron chi connectivity index (χ4n) is 3.15. The van der Waals surface area contributed by atoms with Crippen molar-refractivity contribution in [1.82, 2.24) is 4.90 Å². The minimum atomic E-state index is -0.792. The Morgan fingerprint density at radius 1 is 1.28 bits per heavy atom. The first-order valence-corrected chi connectivity index (χ1v) is 9.48. The summed E-state index contributed by atoms with van der Waals surface area (Å²) in [4.78, 5) is 14.7. The van der Waals surface area contributed by atoms with Crippen LogP contribution in [0.15, 0.2) is 59.5 Å². The Bertz CT molecular complexity index is 789. The van der Waals surface area contributed by atoms with Gasteiger partial charge in [0.05, 0.1) is 0 Å². The summed E-state index contributed by atoms with van der Waals surface area (Å²) in [5.41, 5.74) is 4.33. The van der Waals surface area contributed by atoms with E-state index in [9.17, 15) is 4.79 Å². The minimum Gasteiger partial charge on any atom is -0.478 e. The summed E-state index contributed by atoms with van der Waals surface area (Å²) in [6.45, 7) is 4.51. The van der Waals surface area contributed by atoms with Gasteiger partial charge in [-0.25, -0.2) is 4.79 Å². The third-order valence-electron chi connectivity index (χ3n) is 4.49. The second-order valence-electron chi connectivity index (χ2n) is 6.30. The molecule has 0 atom stereocenters. The van der Waals surface area contributed by atoms with Gasteiger partial charge >= 0.3 is 5.97 Å². The lowest BCUT2D eigenvalue weighted by atomic mass is 10.0. The number of carbonyl (C=O) groups is 1. The highest BCUT2D eigenvalue weighted by molar-refractivity contribution is 7.11. The molecular formula is C21H23NO2S. The molecule has 2 heterocycles. The number of nitrogens with zero attached hydrogens (tertiary/aromatic N) is 1. The molecule has 3 nitrogen and oxygen atoms in total. The van der Waals surface area contributed by atoms with Gasteiger partial charge in [0.2, 0.25) is 0 Å². The van der Waals surface area contributed by atoms with Crippen LogP contribution in [-0.4, -0.2) is 35.6 Å². The van der Waals surface area contributed by atoms with Crippen LogP contribution in [-0.2, 0) is 4.79 Å². The van der Waals surface area contributed by atoms with E-state index >= 15 is 0 Å². The molecule has 0 radical (unpaired) electrons. The molecule has 1 aromatic carbocycles. The van der Waals surface area contributed by atoms with E-state index in [1.165, 1.54) is 21.6 Å². The van der Waals surface area contributed by atoms with E-state index in [2.05, 4.69) is 53.6 Å². The number of aliphatic carboxylic acids is 1. The van der Waals surface area contributed by atoms with E-state index in [0.717, 1.165) is 25.9 Å². The third-order valence-corrected chi connectivity index (χ3v) is 5.54. The lowest BCUT2D eigenvalue weighted by Gasteiger charge is -2.25. The zero-order valence-corrected chi connectivity index (χ0v) is 15.3. The fourth-order valence-corrected chi connectivity index (χ4v) is 4.14. The van der Waals surface area contributed by atoms with E-state index in [1.807, 2.05) is 12.1 Å². The molecule has 1 N–H and O–H groups in total. The van der Waals surface area contributed by atoms with Crippen LogP contribution in [0, 0.1) is 6.92 Å². The van der Waals surface area contributed by atoms with Gasteiger partial charge in [0.1, 0.15) is 0 Å². The predicted octanol–water partition coefficient (Wildman–Crippen LogP) is 4.60. The Kier molecular flexibility index (Phi) is 5.84. The number of thiophene rings is 1. The summed E-state index contributed by atoms with van der Waals surface area (Å²) in [5.74, 6) is -0.792. The summed E-state index contributed by atoms with van der Waals surface area (Å²) in [6, 6.07) is 12.6. The van der Waals surface area contributed by atoms with Crippen molar-refractivity contribution in [3.8, 4) is 0 Å². The number of hydrogen-bond acceptors (Lipinski definition) is 3. The summed E-state index contributed by atoms with van der Waals surface area (Å²) in [7, 11) is 0. The molecule has 130 valence electrons. The van der Waals surface area contributed by atoms with Gasteiger partial charge in [0.25, 0.3) is 0 Å². The van der Waals surface area contributed by atoms with Crippen molar-refractivity contribution in [2.24, 2.45) is 0 Å². The van der Waals surface area contributed by atoms with Crippen LogP contribution in [0.4, 0.5) is 0 Å². The average Bonchev–Trinajstić information content (AvgIpc) is 3.05. The van der Waals surface area contributed by atoms with Gasteiger partial charge in [0, 0.05) is 30.1 Å². The molecule has 0 aliphatic carbocycles. The van der Waals surface area contributed by atoms with Gasteiger partial charge in [-0.3, -0.25) is 4.90 Å². The van der Waals surface area contributed by atoms with Crippen molar-refractivity contribution in [2.45, 2.75) is 19.8 Å². The Morgan fingerprint density at radius 2 is 2.08 bits per heavy atom. The Morgan fingerprint density at radius 3 is 2.76 bits per heavy atom. The van der Waals surface area contributed by atoms with Crippen LogP contribution < -0.4 is 0 Å². The molecular weight excluding hydrogens is 330 g/mol. The number of rotatable bonds is 6. The lowest BCUT2D eigenvalue weighted by molar-refractivity contribution is -0.133. The monoisotopic (exact) mass is 353 g/mol. The van der Waals surface area contributed by atoms with E-state index in [4.69, 9.17) is 5.11 Å². The molecule has 0 fully saturated rings. The molecule has 3 rings (SSSR count). The first-order valence-electron chi connectivity index (χ1n) is 8.60. The zero-order valence-electron chi connectivity index (χ0n) is 14.4. The van der Waals surface area contributed by atoms with Crippen molar-refractivity contribution >= 4 is 22.9 Å². The predicted molar refractivity (Wildman–Crippen MR) is 104 cm³/mol. The molecule has 1 aliphatic heterocycles. The largest absolute Gasteiger partial charge is 0.478 e. The summed E-state index contributed by atoms with van der Waals surface area (Å²) in [5, 5.41) is 11.3. The normalized spacial score (nSPS) is 15.9. The quantitative estimate of drug-likeness (QED) is 0.825. The van der Waals surface area contributed by atoms with E-state index in [-0.39, 0.29) is 0 Å². The van der Waals surface area contributed by atoms with E-state index in [0.29, 0.717) is 12.1 Å². The number of carboxylic acids is 1. The van der Waals surface area contributed by atoms with Crippen LogP contribution in [0.25, 0.3) is 5.57 Å². The van der Waals surface area contributed by atoms with E-state index in [1.54, 1.807) is 11.3 Å². The smallest absolute Gasteiger partial charge is 0.332 e. The van der Waals surface area contributed by atoms with Crippen LogP contribution in [0.1, 0.15) is 28.8 Å². The highest BCUT2D eigenvalue weighted by atomic mass is 32.1. The average molecular weight is 353 g/mol.